The zero-order valence-corrected chi connectivity index (χ0v) is 17.1. The first-order valence-electron chi connectivity index (χ1n) is 9.79. The molecule has 142 valence electrons. The monoisotopic (exact) mass is 381 g/mol. The van der Waals surface area contributed by atoms with Crippen LogP contribution in [0.25, 0.3) is 21.3 Å². The highest BCUT2D eigenvalue weighted by atomic mass is 32.1. The van der Waals surface area contributed by atoms with E-state index in [1.165, 1.54) is 45.4 Å². The van der Waals surface area contributed by atoms with Gasteiger partial charge in [-0.1, -0.05) is 18.2 Å². The third-order valence-electron chi connectivity index (χ3n) is 5.80. The fraction of sp³-hybridized carbons (Fsp3) is 0.455. The van der Waals surface area contributed by atoms with Gasteiger partial charge in [-0.05, 0) is 63.1 Å². The van der Waals surface area contributed by atoms with Crippen LogP contribution in [-0.2, 0) is 0 Å². The predicted molar refractivity (Wildman–Crippen MR) is 114 cm³/mol. The second-order valence-electron chi connectivity index (χ2n) is 7.56. The van der Waals surface area contributed by atoms with Crippen molar-refractivity contribution in [2.24, 2.45) is 0 Å². The van der Waals surface area contributed by atoms with Gasteiger partial charge in [0.2, 0.25) is 0 Å². The third-order valence-corrected chi connectivity index (χ3v) is 6.81. The molecule has 3 aromatic rings. The molecule has 0 saturated carbocycles. The van der Waals surface area contributed by atoms with Gasteiger partial charge in [-0.25, -0.2) is 9.97 Å². The van der Waals surface area contributed by atoms with E-state index < -0.39 is 0 Å². The quantitative estimate of drug-likeness (QED) is 0.689. The number of piperidine rings is 1. The molecule has 0 amide bonds. The fourth-order valence-electron chi connectivity index (χ4n) is 4.22. The number of rotatable bonds is 4. The Balaban J connectivity index is 1.90. The number of nitrogens with zero attached hydrogens (tertiary/aromatic N) is 3. The number of aryl methyl sites for hydroxylation is 3. The molecule has 0 radical (unpaired) electrons. The minimum atomic E-state index is 0.224. The number of aliphatic hydroxyl groups excluding tert-OH is 1. The molecule has 2 aromatic heterocycles. The Kier molecular flexibility index (Phi) is 5.15. The molecule has 1 aliphatic heterocycles. The largest absolute Gasteiger partial charge is 0.396 e. The summed E-state index contributed by atoms with van der Waals surface area (Å²) in [6.45, 7) is 7.73. The zero-order chi connectivity index (χ0) is 19.0. The maximum Gasteiger partial charge on any atom is 0.141 e. The second-order valence-corrected chi connectivity index (χ2v) is 8.77. The predicted octanol–water partition coefficient (Wildman–Crippen LogP) is 5.02. The van der Waals surface area contributed by atoms with E-state index in [-0.39, 0.29) is 6.61 Å². The van der Waals surface area contributed by atoms with Gasteiger partial charge < -0.3 is 10.0 Å². The highest BCUT2D eigenvalue weighted by Gasteiger charge is 2.27. The Morgan fingerprint density at radius 3 is 2.78 bits per heavy atom. The van der Waals surface area contributed by atoms with E-state index in [2.05, 4.69) is 48.9 Å². The van der Waals surface area contributed by atoms with Crippen LogP contribution >= 0.6 is 11.3 Å². The van der Waals surface area contributed by atoms with E-state index >= 15 is 0 Å². The molecule has 1 unspecified atom stereocenters. The number of anilines is 1. The topological polar surface area (TPSA) is 49.2 Å². The summed E-state index contributed by atoms with van der Waals surface area (Å²) in [5, 5.41) is 10.7. The normalized spacial score (nSPS) is 17.6. The van der Waals surface area contributed by atoms with Gasteiger partial charge in [0, 0.05) is 29.6 Å². The molecule has 4 rings (SSSR count). The third kappa shape index (κ3) is 3.34. The number of aliphatic hydroxyl groups is 1. The SMILES string of the molecule is Cc1ccc(-c2c(C)sc3ncnc(N4CCCCC4CCO)c23)cc1C. The molecule has 0 spiro atoms. The van der Waals surface area contributed by atoms with Crippen molar-refractivity contribution in [3.63, 3.8) is 0 Å². The molecule has 1 saturated heterocycles. The van der Waals surface area contributed by atoms with Crippen LogP contribution in [0, 0.1) is 20.8 Å². The van der Waals surface area contributed by atoms with Crippen LogP contribution < -0.4 is 4.90 Å². The molecule has 27 heavy (non-hydrogen) atoms. The number of fused-ring (bicyclic) bond motifs is 1. The molecule has 1 aromatic carbocycles. The van der Waals surface area contributed by atoms with Gasteiger partial charge in [0.15, 0.2) is 0 Å². The van der Waals surface area contributed by atoms with Gasteiger partial charge in [-0.3, -0.25) is 0 Å². The van der Waals surface area contributed by atoms with Crippen molar-refractivity contribution in [1.29, 1.82) is 0 Å². The lowest BCUT2D eigenvalue weighted by molar-refractivity contribution is 0.262. The summed E-state index contributed by atoms with van der Waals surface area (Å²) in [7, 11) is 0. The Morgan fingerprint density at radius 1 is 1.15 bits per heavy atom. The molecule has 0 aliphatic carbocycles. The number of aromatic nitrogens is 2. The van der Waals surface area contributed by atoms with Crippen LogP contribution in [-0.4, -0.2) is 34.3 Å². The molecule has 1 aliphatic rings. The summed E-state index contributed by atoms with van der Waals surface area (Å²) < 4.78 is 0. The minimum Gasteiger partial charge on any atom is -0.396 e. The van der Waals surface area contributed by atoms with Gasteiger partial charge in [0.05, 0.1) is 5.39 Å². The van der Waals surface area contributed by atoms with Gasteiger partial charge in [-0.15, -0.1) is 11.3 Å². The van der Waals surface area contributed by atoms with Crippen LogP contribution in [0.3, 0.4) is 0 Å². The number of benzene rings is 1. The van der Waals surface area contributed by atoms with Gasteiger partial charge in [0.25, 0.3) is 0 Å². The smallest absolute Gasteiger partial charge is 0.141 e. The van der Waals surface area contributed by atoms with Crippen molar-refractivity contribution >= 4 is 27.4 Å². The maximum absolute atomic E-state index is 9.53. The van der Waals surface area contributed by atoms with Crippen molar-refractivity contribution in [3.8, 4) is 11.1 Å². The Labute approximate surface area is 164 Å². The van der Waals surface area contributed by atoms with Crippen LogP contribution in [0.1, 0.15) is 41.7 Å². The molecule has 1 atom stereocenters. The van der Waals surface area contributed by atoms with E-state index in [9.17, 15) is 5.11 Å². The maximum atomic E-state index is 9.53. The second kappa shape index (κ2) is 7.56. The molecule has 0 bridgehead atoms. The van der Waals surface area contributed by atoms with E-state index in [1.54, 1.807) is 17.7 Å². The standard InChI is InChI=1S/C22H27N3OS/c1-14-7-8-17(12-15(14)2)19-16(3)27-22-20(19)21(23-13-24-22)25-10-5-4-6-18(25)9-11-26/h7-8,12-13,18,26H,4-6,9-11H2,1-3H3. The van der Waals surface area contributed by atoms with E-state index in [1.807, 2.05) is 0 Å². The zero-order valence-electron chi connectivity index (χ0n) is 16.3. The summed E-state index contributed by atoms with van der Waals surface area (Å²) in [5.41, 5.74) is 5.13. The highest BCUT2D eigenvalue weighted by molar-refractivity contribution is 7.19. The minimum absolute atomic E-state index is 0.224. The van der Waals surface area contributed by atoms with Crippen molar-refractivity contribution < 1.29 is 5.11 Å². The molecule has 1 N–H and O–H groups in total. The first-order valence-corrected chi connectivity index (χ1v) is 10.6. The fourth-order valence-corrected chi connectivity index (χ4v) is 5.23. The molecule has 3 heterocycles. The van der Waals surface area contributed by atoms with E-state index in [0.717, 1.165) is 30.0 Å². The lowest BCUT2D eigenvalue weighted by Crippen LogP contribution is -2.40. The van der Waals surface area contributed by atoms with Crippen LogP contribution in [0.5, 0.6) is 0 Å². The first kappa shape index (κ1) is 18.4. The van der Waals surface area contributed by atoms with Crippen LogP contribution in [0.15, 0.2) is 24.5 Å². The summed E-state index contributed by atoms with van der Waals surface area (Å²) in [6.07, 6.45) is 6.02. The lowest BCUT2D eigenvalue weighted by atomic mass is 9.96. The number of hydrogen-bond donors (Lipinski definition) is 1. The molecule has 4 nitrogen and oxygen atoms in total. The Bertz CT molecular complexity index is 964. The van der Waals surface area contributed by atoms with Crippen molar-refractivity contribution in [1.82, 2.24) is 9.97 Å². The number of thiophene rings is 1. The molecule has 5 heteroatoms. The van der Waals surface area contributed by atoms with E-state index in [0.29, 0.717) is 6.04 Å². The highest BCUT2D eigenvalue weighted by Crippen LogP contribution is 2.43. The van der Waals surface area contributed by atoms with Crippen molar-refractivity contribution in [2.75, 3.05) is 18.1 Å². The van der Waals surface area contributed by atoms with Gasteiger partial charge >= 0.3 is 0 Å². The van der Waals surface area contributed by atoms with E-state index in [4.69, 9.17) is 4.98 Å². The summed E-state index contributed by atoms with van der Waals surface area (Å²) >= 11 is 1.75. The van der Waals surface area contributed by atoms with Crippen LogP contribution in [0.2, 0.25) is 0 Å². The summed E-state index contributed by atoms with van der Waals surface area (Å²) in [6, 6.07) is 7.05. The molecular formula is C22H27N3OS. The number of hydrogen-bond acceptors (Lipinski definition) is 5. The van der Waals surface area contributed by atoms with Crippen molar-refractivity contribution in [3.05, 3.63) is 40.5 Å². The average molecular weight is 382 g/mol. The lowest BCUT2D eigenvalue weighted by Gasteiger charge is -2.37. The summed E-state index contributed by atoms with van der Waals surface area (Å²) in [5.74, 6) is 1.04. The molecular weight excluding hydrogens is 354 g/mol. The van der Waals surface area contributed by atoms with Gasteiger partial charge in [0.1, 0.15) is 17.0 Å². The van der Waals surface area contributed by atoms with Crippen LogP contribution in [0.4, 0.5) is 5.82 Å². The summed E-state index contributed by atoms with van der Waals surface area (Å²) in [4.78, 5) is 14.1. The van der Waals surface area contributed by atoms with Crippen molar-refractivity contribution in [2.45, 2.75) is 52.5 Å². The average Bonchev–Trinajstić information content (AvgIpc) is 3.01. The van der Waals surface area contributed by atoms with Gasteiger partial charge in [-0.2, -0.15) is 0 Å². The Morgan fingerprint density at radius 2 is 2.00 bits per heavy atom. The Hall–Kier alpha value is -1.98. The molecule has 1 fully saturated rings. The first-order chi connectivity index (χ1) is 13.1.